The largest absolute Gasteiger partial charge is 0.454 e. The lowest BCUT2D eigenvalue weighted by molar-refractivity contribution is -0.432. The molecular weight excluding hydrogens is 382 g/mol. The van der Waals surface area contributed by atoms with Gasteiger partial charge in [0, 0.05) is 24.8 Å². The number of fused-ring (bicyclic) bond motifs is 1. The van der Waals surface area contributed by atoms with Crippen molar-refractivity contribution >= 4 is 29.5 Å². The van der Waals surface area contributed by atoms with E-state index in [1.807, 2.05) is 25.1 Å². The van der Waals surface area contributed by atoms with Gasteiger partial charge < -0.3 is 14.8 Å². The van der Waals surface area contributed by atoms with Gasteiger partial charge in [0.1, 0.15) is 17.2 Å². The third-order valence-electron chi connectivity index (χ3n) is 3.44. The summed E-state index contributed by atoms with van der Waals surface area (Å²) in [7, 11) is 0. The van der Waals surface area contributed by atoms with Crippen molar-refractivity contribution in [2.24, 2.45) is 0 Å². The zero-order valence-corrected chi connectivity index (χ0v) is 16.0. The molecule has 0 fully saturated rings. The molecule has 0 amide bonds. The molecule has 0 aliphatic carbocycles. The molecule has 1 aliphatic rings. The summed E-state index contributed by atoms with van der Waals surface area (Å²) in [5, 5.41) is 14.3. The van der Waals surface area contributed by atoms with Crippen molar-refractivity contribution in [1.82, 2.24) is 9.97 Å². The summed E-state index contributed by atoms with van der Waals surface area (Å²) in [6.45, 7) is 3.05. The lowest BCUT2D eigenvalue weighted by Gasteiger charge is -2.09. The molecule has 142 valence electrons. The zero-order valence-electron chi connectivity index (χ0n) is 14.4. The topological polar surface area (TPSA) is 95.0 Å². The molecule has 0 unspecified atom stereocenters. The van der Waals surface area contributed by atoms with Crippen LogP contribution in [0.15, 0.2) is 24.5 Å². The molecule has 1 aliphatic heterocycles. The van der Waals surface area contributed by atoms with E-state index < -0.39 is 0 Å². The van der Waals surface area contributed by atoms with E-state index >= 15 is 0 Å². The Morgan fingerprint density at radius 1 is 1.31 bits per heavy atom. The van der Waals surface area contributed by atoms with Gasteiger partial charge in [0.25, 0.3) is 0 Å². The number of aromatic nitrogens is 2. The molecule has 2 aromatic rings. The van der Waals surface area contributed by atoms with Gasteiger partial charge in [-0.05, 0) is 30.5 Å². The molecule has 1 aromatic heterocycles. The van der Waals surface area contributed by atoms with Gasteiger partial charge in [-0.25, -0.2) is 15.2 Å². The quantitative estimate of drug-likeness (QED) is 0.408. The van der Waals surface area contributed by atoms with Gasteiger partial charge in [-0.2, -0.15) is 0 Å². The standard InChI is InChI=1S/C15H16ClN3O2.CH4O3S/c1-2-11-14(16)15(19-8-18-11)17-6-5-10-3-4-12-13(7-10)21-9-20-12;1-5-4-3-2/h3-4,7-8H,2,5-6,9H2,1H3,(H,17,18,19);2H,1H3. The molecule has 1 aromatic carbocycles. The van der Waals surface area contributed by atoms with Crippen LogP contribution >= 0.6 is 23.6 Å². The second kappa shape index (κ2) is 11.0. The van der Waals surface area contributed by atoms with Crippen LogP contribution in [0.2, 0.25) is 5.02 Å². The maximum absolute atomic E-state index is 7.32. The van der Waals surface area contributed by atoms with E-state index in [4.69, 9.17) is 26.3 Å². The molecule has 2 N–H and O–H groups in total. The van der Waals surface area contributed by atoms with Crippen LogP contribution in [0, 0.1) is 0 Å². The predicted octanol–water partition coefficient (Wildman–Crippen LogP) is 3.76. The number of nitrogens with zero attached hydrogens (tertiary/aromatic N) is 2. The normalized spacial score (nSPS) is 11.7. The molecular formula is C16H20ClN3O5S. The number of benzene rings is 1. The van der Waals surface area contributed by atoms with Gasteiger partial charge in [0.15, 0.2) is 11.5 Å². The van der Waals surface area contributed by atoms with E-state index in [0.717, 1.165) is 48.6 Å². The van der Waals surface area contributed by atoms with Crippen molar-refractivity contribution in [1.29, 1.82) is 0 Å². The Bertz CT molecular complexity index is 706. The average molecular weight is 402 g/mol. The number of anilines is 1. The van der Waals surface area contributed by atoms with Gasteiger partial charge in [-0.1, -0.05) is 29.6 Å². The predicted molar refractivity (Wildman–Crippen MR) is 99.5 cm³/mol. The second-order valence-electron chi connectivity index (χ2n) is 5.01. The van der Waals surface area contributed by atoms with E-state index in [1.54, 1.807) is 6.26 Å². The summed E-state index contributed by atoms with van der Waals surface area (Å²) >= 11 is 7.17. The van der Waals surface area contributed by atoms with Crippen molar-refractivity contribution in [3.8, 4) is 11.5 Å². The highest BCUT2D eigenvalue weighted by Crippen LogP contribution is 2.32. The highest BCUT2D eigenvalue weighted by atomic mass is 35.5. The lowest BCUT2D eigenvalue weighted by Crippen LogP contribution is -2.08. The SMILES string of the molecule is CCc1ncnc(NCCc2ccc3c(c2)OCO3)c1Cl.CSOOO. The number of aryl methyl sites for hydroxylation is 1. The molecule has 10 heteroatoms. The molecule has 2 heterocycles. The first-order valence-corrected chi connectivity index (χ1v) is 9.35. The first-order valence-electron chi connectivity index (χ1n) is 7.82. The molecule has 8 nitrogen and oxygen atoms in total. The molecule has 26 heavy (non-hydrogen) atoms. The smallest absolute Gasteiger partial charge is 0.231 e. The number of hydrogen-bond acceptors (Lipinski definition) is 9. The van der Waals surface area contributed by atoms with Crippen LogP contribution in [-0.2, 0) is 22.2 Å². The number of nitrogens with one attached hydrogen (secondary N) is 1. The van der Waals surface area contributed by atoms with E-state index in [9.17, 15) is 0 Å². The number of ether oxygens (including phenoxy) is 2. The third kappa shape index (κ3) is 5.89. The fourth-order valence-electron chi connectivity index (χ4n) is 2.23. The van der Waals surface area contributed by atoms with E-state index in [-0.39, 0.29) is 0 Å². The average Bonchev–Trinajstić information content (AvgIpc) is 3.12. The molecule has 0 bridgehead atoms. The highest BCUT2D eigenvalue weighted by Gasteiger charge is 2.13. The van der Waals surface area contributed by atoms with Gasteiger partial charge in [-0.3, -0.25) is 0 Å². The first kappa shape index (κ1) is 20.5. The summed E-state index contributed by atoms with van der Waals surface area (Å²) < 4.78 is 14.5. The fourth-order valence-corrected chi connectivity index (χ4v) is 2.59. The maximum Gasteiger partial charge on any atom is 0.231 e. The fraction of sp³-hybridized carbons (Fsp3) is 0.375. The summed E-state index contributed by atoms with van der Waals surface area (Å²) in [6.07, 6.45) is 4.79. The lowest BCUT2D eigenvalue weighted by atomic mass is 10.1. The highest BCUT2D eigenvalue weighted by molar-refractivity contribution is 7.93. The number of hydrogen-bond donors (Lipinski definition) is 2. The van der Waals surface area contributed by atoms with Crippen molar-refractivity contribution in [2.75, 3.05) is 24.9 Å². The summed E-state index contributed by atoms with van der Waals surface area (Å²) in [5.74, 6) is 2.29. The van der Waals surface area contributed by atoms with Gasteiger partial charge >= 0.3 is 0 Å². The van der Waals surface area contributed by atoms with Crippen LogP contribution in [0.5, 0.6) is 11.5 Å². The zero-order chi connectivity index (χ0) is 18.8. The van der Waals surface area contributed by atoms with Gasteiger partial charge in [0.2, 0.25) is 6.79 Å². The van der Waals surface area contributed by atoms with Crippen LogP contribution in [-0.4, -0.2) is 34.8 Å². The summed E-state index contributed by atoms with van der Waals surface area (Å²) in [5.41, 5.74) is 2.03. The number of rotatable bonds is 7. The Labute approximate surface area is 160 Å². The van der Waals surface area contributed by atoms with Crippen LogP contribution in [0.25, 0.3) is 0 Å². The Kier molecular flexibility index (Phi) is 8.72. The van der Waals surface area contributed by atoms with Crippen LogP contribution < -0.4 is 14.8 Å². The van der Waals surface area contributed by atoms with Gasteiger partial charge in [-0.15, -0.1) is 4.33 Å². The molecule has 0 saturated heterocycles. The van der Waals surface area contributed by atoms with E-state index in [0.29, 0.717) is 17.6 Å². The number of halogens is 1. The van der Waals surface area contributed by atoms with Crippen LogP contribution in [0.1, 0.15) is 18.2 Å². The molecule has 0 saturated carbocycles. The molecule has 0 atom stereocenters. The minimum absolute atomic E-state index is 0.299. The molecule has 0 radical (unpaired) electrons. The summed E-state index contributed by atoms with van der Waals surface area (Å²) in [6, 6.07) is 5.97. The van der Waals surface area contributed by atoms with Crippen molar-refractivity contribution < 1.29 is 24.1 Å². The minimum Gasteiger partial charge on any atom is -0.454 e. The Morgan fingerprint density at radius 3 is 2.81 bits per heavy atom. The van der Waals surface area contributed by atoms with Crippen LogP contribution in [0.4, 0.5) is 5.82 Å². The van der Waals surface area contributed by atoms with E-state index in [1.165, 1.54) is 11.9 Å². The van der Waals surface area contributed by atoms with E-state index in [2.05, 4.69) is 24.7 Å². The molecule has 0 spiro atoms. The second-order valence-corrected chi connectivity index (χ2v) is 5.86. The minimum atomic E-state index is 0.299. The first-order chi connectivity index (χ1) is 12.7. The van der Waals surface area contributed by atoms with Crippen molar-refractivity contribution in [3.63, 3.8) is 0 Å². The third-order valence-corrected chi connectivity index (χ3v) is 4.03. The Balaban J connectivity index is 0.000000431. The Hall–Kier alpha value is -1.78. The Morgan fingerprint density at radius 2 is 2.12 bits per heavy atom. The monoisotopic (exact) mass is 401 g/mol. The summed E-state index contributed by atoms with van der Waals surface area (Å²) in [4.78, 5) is 8.33. The van der Waals surface area contributed by atoms with Crippen LogP contribution in [0.3, 0.4) is 0 Å². The van der Waals surface area contributed by atoms with Crippen molar-refractivity contribution in [2.45, 2.75) is 19.8 Å². The molecule has 3 rings (SSSR count). The van der Waals surface area contributed by atoms with Gasteiger partial charge in [0.05, 0.1) is 5.69 Å². The van der Waals surface area contributed by atoms with Crippen molar-refractivity contribution in [3.05, 3.63) is 40.8 Å². The maximum atomic E-state index is 7.32.